The zero-order valence-electron chi connectivity index (χ0n) is 7.46. The summed E-state index contributed by atoms with van der Waals surface area (Å²) < 4.78 is 13.3. The average Bonchev–Trinajstić information content (AvgIpc) is 2.90. The van der Waals surface area contributed by atoms with Gasteiger partial charge in [-0.05, 0) is 30.4 Å². The van der Waals surface area contributed by atoms with Crippen molar-refractivity contribution in [1.82, 2.24) is 0 Å². The predicted octanol–water partition coefficient (Wildman–Crippen LogP) is 2.79. The minimum Gasteiger partial charge on any atom is -0.465 e. The minimum atomic E-state index is -1.22. The van der Waals surface area contributed by atoms with Crippen LogP contribution in [0.4, 0.5) is 14.9 Å². The van der Waals surface area contributed by atoms with E-state index in [0.29, 0.717) is 5.92 Å². The Kier molecular flexibility index (Phi) is 2.11. The molecular formula is C10H10FNO2. The van der Waals surface area contributed by atoms with E-state index in [2.05, 4.69) is 5.32 Å². The van der Waals surface area contributed by atoms with Crippen LogP contribution in [0.25, 0.3) is 0 Å². The first-order valence-corrected chi connectivity index (χ1v) is 4.47. The molecule has 0 saturated heterocycles. The van der Waals surface area contributed by atoms with Crippen molar-refractivity contribution in [3.05, 3.63) is 29.6 Å². The van der Waals surface area contributed by atoms with Crippen LogP contribution in [-0.4, -0.2) is 11.2 Å². The zero-order valence-corrected chi connectivity index (χ0v) is 7.46. The third-order valence-electron chi connectivity index (χ3n) is 2.29. The number of hydrogen-bond donors (Lipinski definition) is 2. The summed E-state index contributed by atoms with van der Waals surface area (Å²) in [5, 5.41) is 10.6. The maximum atomic E-state index is 13.3. The van der Waals surface area contributed by atoms with Crippen molar-refractivity contribution < 1.29 is 14.3 Å². The van der Waals surface area contributed by atoms with Crippen molar-refractivity contribution in [3.8, 4) is 0 Å². The number of carbonyl (C=O) groups is 1. The van der Waals surface area contributed by atoms with Crippen LogP contribution >= 0.6 is 0 Å². The molecule has 0 unspecified atom stereocenters. The van der Waals surface area contributed by atoms with E-state index in [0.717, 1.165) is 18.4 Å². The number of halogens is 1. The summed E-state index contributed by atoms with van der Waals surface area (Å²) in [5.41, 5.74) is 0.884. The van der Waals surface area contributed by atoms with Gasteiger partial charge < -0.3 is 5.11 Å². The summed E-state index contributed by atoms with van der Waals surface area (Å²) in [4.78, 5) is 10.4. The molecule has 0 aliphatic heterocycles. The third-order valence-corrected chi connectivity index (χ3v) is 2.29. The maximum absolute atomic E-state index is 13.3. The van der Waals surface area contributed by atoms with Crippen molar-refractivity contribution in [2.45, 2.75) is 18.8 Å². The minimum absolute atomic E-state index is 0.113. The lowest BCUT2D eigenvalue weighted by Crippen LogP contribution is -2.10. The lowest BCUT2D eigenvalue weighted by Gasteiger charge is -2.08. The average molecular weight is 195 g/mol. The zero-order chi connectivity index (χ0) is 10.1. The third kappa shape index (κ3) is 1.69. The molecular weight excluding hydrogens is 185 g/mol. The summed E-state index contributed by atoms with van der Waals surface area (Å²) in [6.07, 6.45) is 0.798. The number of amides is 1. The van der Waals surface area contributed by atoms with Gasteiger partial charge in [0.05, 0.1) is 5.69 Å². The van der Waals surface area contributed by atoms with Crippen molar-refractivity contribution in [3.63, 3.8) is 0 Å². The first-order chi connectivity index (χ1) is 6.68. The Balaban J connectivity index is 2.37. The number of anilines is 1. The Bertz CT molecular complexity index is 374. The smallest absolute Gasteiger partial charge is 0.409 e. The molecule has 1 saturated carbocycles. The Morgan fingerprint density at radius 2 is 2.21 bits per heavy atom. The van der Waals surface area contributed by atoms with Gasteiger partial charge in [-0.3, -0.25) is 5.32 Å². The lowest BCUT2D eigenvalue weighted by molar-refractivity contribution is 0.209. The van der Waals surface area contributed by atoms with Gasteiger partial charge >= 0.3 is 6.09 Å². The second kappa shape index (κ2) is 3.29. The fraction of sp³-hybridized carbons (Fsp3) is 0.300. The highest BCUT2D eigenvalue weighted by atomic mass is 19.1. The second-order valence-electron chi connectivity index (χ2n) is 3.41. The molecule has 0 bridgehead atoms. The van der Waals surface area contributed by atoms with Gasteiger partial charge in [-0.1, -0.05) is 12.1 Å². The van der Waals surface area contributed by atoms with Crippen LogP contribution in [0.5, 0.6) is 0 Å². The van der Waals surface area contributed by atoms with Crippen LogP contribution in [0, 0.1) is 5.82 Å². The van der Waals surface area contributed by atoms with Gasteiger partial charge in [0.1, 0.15) is 5.82 Å². The fourth-order valence-corrected chi connectivity index (χ4v) is 1.51. The first kappa shape index (κ1) is 8.99. The monoisotopic (exact) mass is 195 g/mol. The van der Waals surface area contributed by atoms with Gasteiger partial charge in [0, 0.05) is 0 Å². The molecule has 0 aromatic heterocycles. The quantitative estimate of drug-likeness (QED) is 0.762. The van der Waals surface area contributed by atoms with Crippen molar-refractivity contribution in [1.29, 1.82) is 0 Å². The molecule has 0 atom stereocenters. The summed E-state index contributed by atoms with van der Waals surface area (Å²) in [7, 11) is 0. The van der Waals surface area contributed by atoms with Crippen LogP contribution in [0.15, 0.2) is 18.2 Å². The highest BCUT2D eigenvalue weighted by Gasteiger charge is 2.27. The molecule has 0 heterocycles. The molecule has 1 aromatic carbocycles. The van der Waals surface area contributed by atoms with Crippen LogP contribution in [0.3, 0.4) is 0 Å². The molecule has 1 aliphatic rings. The van der Waals surface area contributed by atoms with Crippen molar-refractivity contribution >= 4 is 11.8 Å². The molecule has 0 spiro atoms. The van der Waals surface area contributed by atoms with Gasteiger partial charge in [0.15, 0.2) is 0 Å². The van der Waals surface area contributed by atoms with E-state index in [9.17, 15) is 9.18 Å². The van der Waals surface area contributed by atoms with Crippen molar-refractivity contribution in [2.75, 3.05) is 5.32 Å². The molecule has 1 amide bonds. The molecule has 1 aromatic rings. The summed E-state index contributed by atoms with van der Waals surface area (Å²) in [5.74, 6) is -0.177. The van der Waals surface area contributed by atoms with Crippen LogP contribution < -0.4 is 5.32 Å². The maximum Gasteiger partial charge on any atom is 0.409 e. The fourth-order valence-electron chi connectivity index (χ4n) is 1.51. The van der Waals surface area contributed by atoms with Gasteiger partial charge in [-0.25, -0.2) is 9.18 Å². The van der Waals surface area contributed by atoms with E-state index in [4.69, 9.17) is 5.11 Å². The van der Waals surface area contributed by atoms with E-state index < -0.39 is 11.9 Å². The van der Waals surface area contributed by atoms with Gasteiger partial charge in [-0.15, -0.1) is 0 Å². The van der Waals surface area contributed by atoms with E-state index in [1.54, 1.807) is 12.1 Å². The predicted molar refractivity (Wildman–Crippen MR) is 50.0 cm³/mol. The topological polar surface area (TPSA) is 49.3 Å². The normalized spacial score (nSPS) is 15.2. The first-order valence-electron chi connectivity index (χ1n) is 4.47. The summed E-state index contributed by atoms with van der Waals surface area (Å²) in [6.45, 7) is 0. The Morgan fingerprint density at radius 1 is 1.50 bits per heavy atom. The van der Waals surface area contributed by atoms with Gasteiger partial charge in [0.2, 0.25) is 0 Å². The van der Waals surface area contributed by atoms with Crippen LogP contribution in [0.2, 0.25) is 0 Å². The van der Waals surface area contributed by atoms with E-state index in [-0.39, 0.29) is 5.69 Å². The lowest BCUT2D eigenvalue weighted by atomic mass is 10.1. The van der Waals surface area contributed by atoms with Crippen LogP contribution in [-0.2, 0) is 0 Å². The Labute approximate surface area is 80.6 Å². The van der Waals surface area contributed by atoms with E-state index in [1.165, 1.54) is 6.07 Å². The number of para-hydroxylation sites is 1. The number of carboxylic acid groups (broad SMARTS) is 1. The SMILES string of the molecule is O=C(O)Nc1c(F)cccc1C1CC1. The summed E-state index contributed by atoms with van der Waals surface area (Å²) >= 11 is 0. The molecule has 3 nitrogen and oxygen atoms in total. The summed E-state index contributed by atoms with van der Waals surface area (Å²) in [6, 6.07) is 4.64. The van der Waals surface area contributed by atoms with Crippen LogP contribution in [0.1, 0.15) is 24.3 Å². The Hall–Kier alpha value is -1.58. The number of rotatable bonds is 2. The number of nitrogens with one attached hydrogen (secondary N) is 1. The molecule has 1 aliphatic carbocycles. The molecule has 74 valence electrons. The molecule has 0 radical (unpaired) electrons. The molecule has 2 rings (SSSR count). The highest BCUT2D eigenvalue weighted by Crippen LogP contribution is 2.43. The number of hydrogen-bond acceptors (Lipinski definition) is 1. The molecule has 4 heteroatoms. The second-order valence-corrected chi connectivity index (χ2v) is 3.41. The Morgan fingerprint density at radius 3 is 2.79 bits per heavy atom. The highest BCUT2D eigenvalue weighted by molar-refractivity contribution is 5.84. The molecule has 1 fully saturated rings. The molecule has 2 N–H and O–H groups in total. The number of benzene rings is 1. The molecule has 14 heavy (non-hydrogen) atoms. The van der Waals surface area contributed by atoms with Crippen molar-refractivity contribution in [2.24, 2.45) is 0 Å². The van der Waals surface area contributed by atoms with Gasteiger partial charge in [0.25, 0.3) is 0 Å². The largest absolute Gasteiger partial charge is 0.465 e. The van der Waals surface area contributed by atoms with E-state index in [1.807, 2.05) is 0 Å². The van der Waals surface area contributed by atoms with Gasteiger partial charge in [-0.2, -0.15) is 0 Å². The van der Waals surface area contributed by atoms with E-state index >= 15 is 0 Å². The standard InChI is InChI=1S/C10H10FNO2/c11-8-3-1-2-7(6-4-5-6)9(8)12-10(13)14/h1-3,6,12H,4-5H2,(H,13,14).